The number of nitrogens with zero attached hydrogens (tertiary/aromatic N) is 4. The molecule has 170 valence electrons. The molecular formula is C21H28N8O2S. The van der Waals surface area contributed by atoms with Crippen molar-refractivity contribution in [1.82, 2.24) is 25.3 Å². The van der Waals surface area contributed by atoms with Gasteiger partial charge in [0.2, 0.25) is 16.0 Å². The van der Waals surface area contributed by atoms with E-state index in [0.29, 0.717) is 23.0 Å². The monoisotopic (exact) mass is 456 g/mol. The summed E-state index contributed by atoms with van der Waals surface area (Å²) in [4.78, 5) is 19.6. The SMILES string of the molecule is CS(=O)(=O)Nc1cccc(Nc2nc(N3CCNCC34CCCCC4)c3[nH]cnc3n2)c1. The van der Waals surface area contributed by atoms with Gasteiger partial charge in [-0.1, -0.05) is 25.3 Å². The second kappa shape index (κ2) is 8.21. The molecule has 1 aliphatic heterocycles. The van der Waals surface area contributed by atoms with E-state index >= 15 is 0 Å². The number of sulfonamides is 1. The first-order chi connectivity index (χ1) is 15.4. The van der Waals surface area contributed by atoms with E-state index in [1.165, 1.54) is 19.3 Å². The highest BCUT2D eigenvalue weighted by Gasteiger charge is 2.41. The molecule has 1 spiro atoms. The van der Waals surface area contributed by atoms with Crippen molar-refractivity contribution in [1.29, 1.82) is 0 Å². The van der Waals surface area contributed by atoms with E-state index in [4.69, 9.17) is 4.98 Å². The number of nitrogens with one attached hydrogen (secondary N) is 4. The van der Waals surface area contributed by atoms with Gasteiger partial charge in [0.1, 0.15) is 5.52 Å². The molecule has 1 saturated carbocycles. The Morgan fingerprint density at radius 3 is 2.75 bits per heavy atom. The van der Waals surface area contributed by atoms with Gasteiger partial charge in [-0.3, -0.25) is 4.72 Å². The average Bonchev–Trinajstić information content (AvgIpc) is 3.22. The zero-order valence-electron chi connectivity index (χ0n) is 18.1. The van der Waals surface area contributed by atoms with Crippen LogP contribution < -0.4 is 20.3 Å². The van der Waals surface area contributed by atoms with Gasteiger partial charge in [-0.2, -0.15) is 9.97 Å². The molecule has 10 nitrogen and oxygen atoms in total. The van der Waals surface area contributed by atoms with Gasteiger partial charge >= 0.3 is 0 Å². The first-order valence-electron chi connectivity index (χ1n) is 11.0. The minimum atomic E-state index is -3.36. The molecule has 0 radical (unpaired) electrons. The third-order valence-electron chi connectivity index (χ3n) is 6.27. The molecule has 2 aliphatic rings. The molecule has 11 heteroatoms. The predicted molar refractivity (Wildman–Crippen MR) is 126 cm³/mol. The van der Waals surface area contributed by atoms with E-state index in [2.05, 4.69) is 35.2 Å². The van der Waals surface area contributed by atoms with Crippen molar-refractivity contribution in [2.75, 3.05) is 40.8 Å². The van der Waals surface area contributed by atoms with Crippen LogP contribution in [-0.2, 0) is 10.0 Å². The van der Waals surface area contributed by atoms with Crippen LogP contribution in [0.4, 0.5) is 23.1 Å². The molecule has 1 saturated heterocycles. The lowest BCUT2D eigenvalue weighted by Crippen LogP contribution is -2.62. The van der Waals surface area contributed by atoms with Crippen LogP contribution in [0.15, 0.2) is 30.6 Å². The summed E-state index contributed by atoms with van der Waals surface area (Å²) in [6.07, 6.45) is 8.79. The van der Waals surface area contributed by atoms with Crippen LogP contribution in [-0.4, -0.2) is 59.8 Å². The van der Waals surface area contributed by atoms with Gasteiger partial charge in [0, 0.05) is 25.3 Å². The Kier molecular flexibility index (Phi) is 5.38. The summed E-state index contributed by atoms with van der Waals surface area (Å²) in [7, 11) is -3.36. The topological polar surface area (TPSA) is 128 Å². The van der Waals surface area contributed by atoms with Crippen LogP contribution in [0, 0.1) is 0 Å². The molecule has 1 aromatic carbocycles. The lowest BCUT2D eigenvalue weighted by atomic mass is 9.79. The molecule has 0 atom stereocenters. The Balaban J connectivity index is 1.51. The number of benzene rings is 1. The van der Waals surface area contributed by atoms with E-state index in [-0.39, 0.29) is 5.54 Å². The molecule has 1 aliphatic carbocycles. The third-order valence-corrected chi connectivity index (χ3v) is 6.87. The highest BCUT2D eigenvalue weighted by Crippen LogP contribution is 2.39. The Labute approximate surface area is 187 Å². The maximum atomic E-state index is 11.6. The van der Waals surface area contributed by atoms with E-state index in [0.717, 1.165) is 50.1 Å². The third kappa shape index (κ3) is 4.22. The molecular weight excluding hydrogens is 428 g/mol. The molecule has 0 unspecified atom stereocenters. The Morgan fingerprint density at radius 1 is 1.12 bits per heavy atom. The number of H-pyrrole nitrogens is 1. The molecule has 0 bridgehead atoms. The van der Waals surface area contributed by atoms with Crippen LogP contribution in [0.2, 0.25) is 0 Å². The molecule has 0 amide bonds. The highest BCUT2D eigenvalue weighted by molar-refractivity contribution is 7.92. The smallest absolute Gasteiger partial charge is 0.231 e. The molecule has 4 N–H and O–H groups in total. The Bertz CT molecular complexity index is 1210. The van der Waals surface area contributed by atoms with Crippen molar-refractivity contribution < 1.29 is 8.42 Å². The summed E-state index contributed by atoms with van der Waals surface area (Å²) in [5.74, 6) is 1.30. The maximum absolute atomic E-state index is 11.6. The minimum absolute atomic E-state index is 0.0550. The average molecular weight is 457 g/mol. The number of imidazole rings is 1. The van der Waals surface area contributed by atoms with Crippen molar-refractivity contribution in [2.24, 2.45) is 0 Å². The summed E-state index contributed by atoms with van der Waals surface area (Å²) in [6, 6.07) is 7.03. The lowest BCUT2D eigenvalue weighted by Gasteiger charge is -2.50. The summed E-state index contributed by atoms with van der Waals surface area (Å²) in [5, 5.41) is 6.81. The van der Waals surface area contributed by atoms with Crippen LogP contribution in [0.3, 0.4) is 0 Å². The fraction of sp³-hybridized carbons (Fsp3) is 0.476. The molecule has 5 rings (SSSR count). The zero-order chi connectivity index (χ0) is 22.2. The number of piperazine rings is 1. The lowest BCUT2D eigenvalue weighted by molar-refractivity contribution is 0.240. The van der Waals surface area contributed by atoms with E-state index < -0.39 is 10.0 Å². The van der Waals surface area contributed by atoms with Gasteiger partial charge < -0.3 is 20.5 Å². The van der Waals surface area contributed by atoms with Gasteiger partial charge in [0.15, 0.2) is 11.5 Å². The number of hydrogen-bond acceptors (Lipinski definition) is 8. The number of aromatic nitrogens is 4. The van der Waals surface area contributed by atoms with E-state index in [9.17, 15) is 8.42 Å². The second-order valence-corrected chi connectivity index (χ2v) is 10.4. The minimum Gasteiger partial charge on any atom is -0.346 e. The summed E-state index contributed by atoms with van der Waals surface area (Å²) in [5.41, 5.74) is 2.66. The van der Waals surface area contributed by atoms with Gasteiger partial charge in [0.25, 0.3) is 0 Å². The molecule has 3 aromatic rings. The van der Waals surface area contributed by atoms with E-state index in [1.807, 2.05) is 6.07 Å². The van der Waals surface area contributed by atoms with Crippen molar-refractivity contribution in [2.45, 2.75) is 37.6 Å². The summed E-state index contributed by atoms with van der Waals surface area (Å²) in [6.45, 7) is 2.73. The fourth-order valence-corrected chi connectivity index (χ4v) is 5.46. The molecule has 3 heterocycles. The van der Waals surface area contributed by atoms with Gasteiger partial charge in [-0.25, -0.2) is 13.4 Å². The van der Waals surface area contributed by atoms with Crippen molar-refractivity contribution >= 4 is 44.3 Å². The van der Waals surface area contributed by atoms with E-state index in [1.54, 1.807) is 24.5 Å². The highest BCUT2D eigenvalue weighted by atomic mass is 32.2. The first kappa shape index (κ1) is 21.0. The fourth-order valence-electron chi connectivity index (χ4n) is 4.90. The largest absolute Gasteiger partial charge is 0.346 e. The second-order valence-electron chi connectivity index (χ2n) is 8.67. The van der Waals surface area contributed by atoms with Crippen LogP contribution in [0.1, 0.15) is 32.1 Å². The van der Waals surface area contributed by atoms with Gasteiger partial charge in [-0.15, -0.1) is 0 Å². The van der Waals surface area contributed by atoms with Crippen LogP contribution in [0.5, 0.6) is 0 Å². The Morgan fingerprint density at radius 2 is 1.94 bits per heavy atom. The van der Waals surface area contributed by atoms with Gasteiger partial charge in [0.05, 0.1) is 23.8 Å². The number of aromatic amines is 1. The number of rotatable bonds is 5. The van der Waals surface area contributed by atoms with Crippen molar-refractivity contribution in [3.8, 4) is 0 Å². The maximum Gasteiger partial charge on any atom is 0.231 e. The quantitative estimate of drug-likeness (QED) is 0.461. The number of hydrogen-bond donors (Lipinski definition) is 4. The Hall–Kier alpha value is -2.92. The zero-order valence-corrected chi connectivity index (χ0v) is 18.9. The van der Waals surface area contributed by atoms with Crippen LogP contribution in [0.25, 0.3) is 11.2 Å². The summed E-state index contributed by atoms with van der Waals surface area (Å²) >= 11 is 0. The summed E-state index contributed by atoms with van der Waals surface area (Å²) < 4.78 is 25.6. The van der Waals surface area contributed by atoms with Crippen molar-refractivity contribution in [3.05, 3.63) is 30.6 Å². The standard InChI is InChI=1S/C21H28N8O2S/c1-32(30,31)28-16-7-5-6-15(12-16)25-20-26-18-17(23-14-24-18)19(27-20)29-11-10-22-13-21(29)8-3-2-4-9-21/h5-7,12,14,22,28H,2-4,8-11,13H2,1H3,(H2,23,24,25,26,27). The molecule has 2 aromatic heterocycles. The normalized spacial score (nSPS) is 18.7. The predicted octanol–water partition coefficient (Wildman–Crippen LogP) is 2.58. The number of fused-ring (bicyclic) bond motifs is 1. The molecule has 32 heavy (non-hydrogen) atoms. The van der Waals surface area contributed by atoms with Crippen molar-refractivity contribution in [3.63, 3.8) is 0 Å². The van der Waals surface area contributed by atoms with Gasteiger partial charge in [-0.05, 0) is 31.0 Å². The molecule has 2 fully saturated rings. The first-order valence-corrected chi connectivity index (χ1v) is 12.9. The van der Waals surface area contributed by atoms with Crippen LogP contribution >= 0.6 is 0 Å². The number of anilines is 4.